The smallest absolute Gasteiger partial charge is 0.358 e. The summed E-state index contributed by atoms with van der Waals surface area (Å²) in [6, 6.07) is 3.89. The van der Waals surface area contributed by atoms with Gasteiger partial charge in [0.25, 0.3) is 0 Å². The van der Waals surface area contributed by atoms with Gasteiger partial charge in [0.1, 0.15) is 0 Å². The Balaban J connectivity index is 1.26. The number of fused-ring (bicyclic) bond motifs is 1. The van der Waals surface area contributed by atoms with E-state index in [4.69, 9.17) is 4.52 Å². The van der Waals surface area contributed by atoms with Gasteiger partial charge in [-0.2, -0.15) is 13.2 Å². The summed E-state index contributed by atoms with van der Waals surface area (Å²) < 4.78 is 43.7. The first-order chi connectivity index (χ1) is 13.8. The van der Waals surface area contributed by atoms with E-state index < -0.39 is 11.7 Å². The molecule has 158 valence electrons. The summed E-state index contributed by atoms with van der Waals surface area (Å²) in [5, 5.41) is 9.68. The van der Waals surface area contributed by atoms with Gasteiger partial charge >= 0.3 is 6.18 Å². The molecule has 6 nitrogen and oxygen atoms in total. The summed E-state index contributed by atoms with van der Waals surface area (Å²) in [5.41, 5.74) is -0.551. The zero-order valence-corrected chi connectivity index (χ0v) is 16.3. The first-order valence-electron chi connectivity index (χ1n) is 10.0. The molecule has 1 amide bonds. The number of hydrogen-bond acceptors (Lipinski definition) is 5. The standard InChI is InChI=1S/C20H25F3N4O2/c1-12-2-5-15(6-3-12)27-10-14(11-27)25-18(28)9-24-19-16-8-13(20(21,22)23)4-7-17(16)29-26-19/h4,7-8,12,14-15H,2-3,5-6,9-11H2,1H3,(H,24,26)(H,25,28). The SMILES string of the molecule is CC1CCC(N2CC(NC(=O)CNc3noc4ccc(C(F)(F)F)cc34)C2)CC1. The van der Waals surface area contributed by atoms with Crippen LogP contribution in [0.4, 0.5) is 19.0 Å². The summed E-state index contributed by atoms with van der Waals surface area (Å²) in [7, 11) is 0. The second kappa shape index (κ2) is 7.85. The van der Waals surface area contributed by atoms with Crippen molar-refractivity contribution in [3.05, 3.63) is 23.8 Å². The summed E-state index contributed by atoms with van der Waals surface area (Å²) >= 11 is 0. The molecular weight excluding hydrogens is 385 g/mol. The molecular formula is C20H25F3N4O2. The van der Waals surface area contributed by atoms with Crippen molar-refractivity contribution < 1.29 is 22.5 Å². The van der Waals surface area contributed by atoms with Crippen molar-refractivity contribution in [2.24, 2.45) is 5.92 Å². The highest BCUT2D eigenvalue weighted by molar-refractivity contribution is 5.90. The fourth-order valence-electron chi connectivity index (χ4n) is 4.19. The molecule has 4 rings (SSSR count). The Morgan fingerprint density at radius 3 is 2.66 bits per heavy atom. The van der Waals surface area contributed by atoms with Crippen LogP contribution in [0.5, 0.6) is 0 Å². The molecule has 0 bridgehead atoms. The Morgan fingerprint density at radius 2 is 1.97 bits per heavy atom. The summed E-state index contributed by atoms with van der Waals surface area (Å²) in [5.74, 6) is 0.733. The molecule has 0 radical (unpaired) electrons. The van der Waals surface area contributed by atoms with Gasteiger partial charge < -0.3 is 15.2 Å². The number of hydrogen-bond donors (Lipinski definition) is 2. The van der Waals surface area contributed by atoms with E-state index in [2.05, 4.69) is 27.6 Å². The molecule has 2 fully saturated rings. The number of aromatic nitrogens is 1. The van der Waals surface area contributed by atoms with Crippen molar-refractivity contribution in [1.82, 2.24) is 15.4 Å². The fourth-order valence-corrected chi connectivity index (χ4v) is 4.19. The average molecular weight is 410 g/mol. The number of rotatable bonds is 5. The van der Waals surface area contributed by atoms with Gasteiger partial charge in [-0.3, -0.25) is 9.69 Å². The second-order valence-electron chi connectivity index (χ2n) is 8.23. The molecule has 2 heterocycles. The van der Waals surface area contributed by atoms with Gasteiger partial charge in [-0.1, -0.05) is 12.1 Å². The lowest BCUT2D eigenvalue weighted by Crippen LogP contribution is -2.63. The molecule has 29 heavy (non-hydrogen) atoms. The number of nitrogens with one attached hydrogen (secondary N) is 2. The van der Waals surface area contributed by atoms with Crippen molar-refractivity contribution in [2.75, 3.05) is 25.0 Å². The van der Waals surface area contributed by atoms with E-state index in [0.29, 0.717) is 6.04 Å². The maximum atomic E-state index is 12.9. The first-order valence-corrected chi connectivity index (χ1v) is 10.0. The lowest BCUT2D eigenvalue weighted by Gasteiger charge is -2.46. The number of halogens is 3. The fraction of sp³-hybridized carbons (Fsp3) is 0.600. The molecule has 1 aliphatic heterocycles. The molecule has 1 aromatic carbocycles. The third-order valence-corrected chi connectivity index (χ3v) is 5.99. The molecule has 0 spiro atoms. The third kappa shape index (κ3) is 4.49. The van der Waals surface area contributed by atoms with Gasteiger partial charge in [0, 0.05) is 19.1 Å². The highest BCUT2D eigenvalue weighted by Crippen LogP contribution is 2.33. The number of carbonyl (C=O) groups excluding carboxylic acids is 1. The van der Waals surface area contributed by atoms with Crippen LogP contribution in [-0.2, 0) is 11.0 Å². The number of alkyl halides is 3. The molecule has 1 saturated carbocycles. The van der Waals surface area contributed by atoms with E-state index in [1.807, 2.05) is 0 Å². The minimum atomic E-state index is -4.45. The van der Waals surface area contributed by atoms with Crippen LogP contribution >= 0.6 is 0 Å². The second-order valence-corrected chi connectivity index (χ2v) is 8.23. The topological polar surface area (TPSA) is 70.4 Å². The predicted molar refractivity (Wildman–Crippen MR) is 102 cm³/mol. The molecule has 1 saturated heterocycles. The Bertz CT molecular complexity index is 868. The van der Waals surface area contributed by atoms with Gasteiger partial charge in [0.15, 0.2) is 11.4 Å². The monoisotopic (exact) mass is 410 g/mol. The third-order valence-electron chi connectivity index (χ3n) is 5.99. The number of amides is 1. The molecule has 0 atom stereocenters. The first kappa shape index (κ1) is 20.0. The average Bonchev–Trinajstić information content (AvgIpc) is 3.05. The molecule has 1 aromatic heterocycles. The molecule has 9 heteroatoms. The number of nitrogens with zero attached hydrogens (tertiary/aromatic N) is 2. The van der Waals surface area contributed by atoms with E-state index in [0.717, 1.165) is 31.1 Å². The van der Waals surface area contributed by atoms with Crippen LogP contribution < -0.4 is 10.6 Å². The normalized spacial score (nSPS) is 23.7. The number of anilines is 1. The maximum Gasteiger partial charge on any atom is 0.416 e. The van der Waals surface area contributed by atoms with Crippen molar-refractivity contribution in [2.45, 2.75) is 50.9 Å². The lowest BCUT2D eigenvalue weighted by molar-refractivity contribution is -0.137. The van der Waals surface area contributed by atoms with Crippen LogP contribution in [-0.4, -0.2) is 47.7 Å². The molecule has 2 N–H and O–H groups in total. The molecule has 2 aliphatic rings. The van der Waals surface area contributed by atoms with Gasteiger partial charge in [-0.25, -0.2) is 0 Å². The largest absolute Gasteiger partial charge is 0.416 e. The van der Waals surface area contributed by atoms with Gasteiger partial charge in [0.05, 0.1) is 23.5 Å². The Kier molecular flexibility index (Phi) is 5.42. The van der Waals surface area contributed by atoms with E-state index in [9.17, 15) is 18.0 Å². The van der Waals surface area contributed by atoms with E-state index in [1.165, 1.54) is 31.7 Å². The quantitative estimate of drug-likeness (QED) is 0.788. The van der Waals surface area contributed by atoms with Crippen LogP contribution in [0.2, 0.25) is 0 Å². The molecule has 1 aliphatic carbocycles. The van der Waals surface area contributed by atoms with Crippen LogP contribution in [0.3, 0.4) is 0 Å². The number of benzene rings is 1. The van der Waals surface area contributed by atoms with E-state index in [1.54, 1.807) is 0 Å². The van der Waals surface area contributed by atoms with Gasteiger partial charge in [0.2, 0.25) is 5.91 Å². The Labute approximate surface area is 166 Å². The van der Waals surface area contributed by atoms with Crippen LogP contribution in [0.1, 0.15) is 38.2 Å². The number of carbonyl (C=O) groups is 1. The maximum absolute atomic E-state index is 12.9. The minimum absolute atomic E-state index is 0.0741. The van der Waals surface area contributed by atoms with Crippen LogP contribution in [0.15, 0.2) is 22.7 Å². The van der Waals surface area contributed by atoms with Crippen molar-refractivity contribution in [1.29, 1.82) is 0 Å². The van der Waals surface area contributed by atoms with Crippen molar-refractivity contribution in [3.63, 3.8) is 0 Å². The minimum Gasteiger partial charge on any atom is -0.358 e. The Morgan fingerprint density at radius 1 is 1.24 bits per heavy atom. The van der Waals surface area contributed by atoms with Crippen LogP contribution in [0, 0.1) is 5.92 Å². The molecule has 0 unspecified atom stereocenters. The zero-order chi connectivity index (χ0) is 20.6. The Hall–Kier alpha value is -2.29. The van der Waals surface area contributed by atoms with Gasteiger partial charge in [-0.05, 0) is 49.8 Å². The molecule has 2 aromatic rings. The summed E-state index contributed by atoms with van der Waals surface area (Å²) in [6.07, 6.45) is 0.533. The van der Waals surface area contributed by atoms with Gasteiger partial charge in [-0.15, -0.1) is 0 Å². The zero-order valence-electron chi connectivity index (χ0n) is 16.3. The van der Waals surface area contributed by atoms with Crippen molar-refractivity contribution >= 4 is 22.7 Å². The predicted octanol–water partition coefficient (Wildman–Crippen LogP) is 3.64. The van der Waals surface area contributed by atoms with E-state index in [-0.39, 0.29) is 35.3 Å². The highest BCUT2D eigenvalue weighted by Gasteiger charge is 2.34. The van der Waals surface area contributed by atoms with Crippen molar-refractivity contribution in [3.8, 4) is 0 Å². The van der Waals surface area contributed by atoms with Crippen LogP contribution in [0.25, 0.3) is 11.0 Å². The van der Waals surface area contributed by atoms with E-state index >= 15 is 0 Å². The lowest BCUT2D eigenvalue weighted by atomic mass is 9.85. The highest BCUT2D eigenvalue weighted by atomic mass is 19.4. The summed E-state index contributed by atoms with van der Waals surface area (Å²) in [4.78, 5) is 14.6. The summed E-state index contributed by atoms with van der Waals surface area (Å²) in [6.45, 7) is 3.93. The number of likely N-dealkylation sites (tertiary alicyclic amines) is 1.